The van der Waals surface area contributed by atoms with E-state index in [0.29, 0.717) is 0 Å². The molecule has 3 heteroatoms. The Morgan fingerprint density at radius 2 is 2.05 bits per heavy atom. The lowest BCUT2D eigenvalue weighted by atomic mass is 9.69. The number of hydrogen-bond acceptors (Lipinski definition) is 3. The number of fused-ring (bicyclic) bond motifs is 1. The first-order valence-corrected chi connectivity index (χ1v) is 7.24. The van der Waals surface area contributed by atoms with Crippen LogP contribution in [-0.2, 0) is 5.41 Å². The van der Waals surface area contributed by atoms with Gasteiger partial charge in [-0.15, -0.1) is 0 Å². The molecule has 0 radical (unpaired) electrons. The van der Waals surface area contributed by atoms with E-state index in [1.807, 2.05) is 6.07 Å². The van der Waals surface area contributed by atoms with E-state index in [4.69, 9.17) is 4.74 Å². The van der Waals surface area contributed by atoms with Crippen molar-refractivity contribution in [2.45, 2.75) is 25.2 Å². The molecule has 2 aliphatic heterocycles. The minimum atomic E-state index is 0.255. The van der Waals surface area contributed by atoms with Gasteiger partial charge in [-0.3, -0.25) is 0 Å². The molecular formula is C16H24N2O. The van der Waals surface area contributed by atoms with Crippen molar-refractivity contribution in [3.05, 3.63) is 23.8 Å². The molecule has 1 fully saturated rings. The summed E-state index contributed by atoms with van der Waals surface area (Å²) in [5.41, 5.74) is 2.99. The Labute approximate surface area is 115 Å². The van der Waals surface area contributed by atoms with Crippen LogP contribution in [0.25, 0.3) is 0 Å². The second-order valence-corrected chi connectivity index (χ2v) is 6.26. The van der Waals surface area contributed by atoms with Gasteiger partial charge in [-0.25, -0.2) is 0 Å². The third-order valence-electron chi connectivity index (χ3n) is 5.11. The van der Waals surface area contributed by atoms with Gasteiger partial charge in [0.15, 0.2) is 0 Å². The van der Waals surface area contributed by atoms with Crippen molar-refractivity contribution in [1.29, 1.82) is 0 Å². The summed E-state index contributed by atoms with van der Waals surface area (Å²) < 4.78 is 5.40. The van der Waals surface area contributed by atoms with Crippen LogP contribution >= 0.6 is 0 Å². The Balaban J connectivity index is 1.90. The minimum Gasteiger partial charge on any atom is -0.497 e. The maximum absolute atomic E-state index is 5.40. The number of piperidine rings is 1. The molecule has 2 aliphatic rings. The molecule has 0 saturated carbocycles. The topological polar surface area (TPSA) is 24.5 Å². The summed E-state index contributed by atoms with van der Waals surface area (Å²) in [4.78, 5) is 2.44. The first-order chi connectivity index (χ1) is 9.13. The first-order valence-electron chi connectivity index (χ1n) is 7.24. The molecule has 0 aromatic heterocycles. The van der Waals surface area contributed by atoms with Crippen molar-refractivity contribution in [2.24, 2.45) is 5.92 Å². The van der Waals surface area contributed by atoms with Gasteiger partial charge in [0.1, 0.15) is 5.75 Å². The molecule has 0 aliphatic carbocycles. The van der Waals surface area contributed by atoms with Crippen molar-refractivity contribution < 1.29 is 4.74 Å². The zero-order chi connectivity index (χ0) is 13.5. The van der Waals surface area contributed by atoms with Gasteiger partial charge >= 0.3 is 0 Å². The lowest BCUT2D eigenvalue weighted by Crippen LogP contribution is -2.41. The van der Waals surface area contributed by atoms with Crippen molar-refractivity contribution in [3.8, 4) is 5.75 Å². The summed E-state index contributed by atoms with van der Waals surface area (Å²) in [6.45, 7) is 5.92. The molecule has 0 amide bonds. The third-order valence-corrected chi connectivity index (χ3v) is 5.11. The van der Waals surface area contributed by atoms with Crippen molar-refractivity contribution in [2.75, 3.05) is 39.1 Å². The Bertz CT molecular complexity index is 466. The molecule has 1 unspecified atom stereocenters. The van der Waals surface area contributed by atoms with E-state index in [2.05, 4.69) is 36.3 Å². The molecule has 0 spiro atoms. The molecule has 2 heterocycles. The molecule has 104 valence electrons. The highest BCUT2D eigenvalue weighted by molar-refractivity contribution is 5.62. The largest absolute Gasteiger partial charge is 0.497 e. The Morgan fingerprint density at radius 3 is 2.74 bits per heavy atom. The first kappa shape index (κ1) is 12.8. The third kappa shape index (κ3) is 2.10. The average molecular weight is 260 g/mol. The summed E-state index contributed by atoms with van der Waals surface area (Å²) in [5, 5.41) is 3.58. The molecular weight excluding hydrogens is 236 g/mol. The van der Waals surface area contributed by atoms with Gasteiger partial charge in [0.05, 0.1) is 7.11 Å². The van der Waals surface area contributed by atoms with Crippen LogP contribution in [0.1, 0.15) is 25.3 Å². The molecule has 19 heavy (non-hydrogen) atoms. The van der Waals surface area contributed by atoms with Crippen LogP contribution in [0.4, 0.5) is 5.69 Å². The summed E-state index contributed by atoms with van der Waals surface area (Å²) in [7, 11) is 3.97. The fraction of sp³-hybridized carbons (Fsp3) is 0.625. The standard InChI is InChI=1S/C16H24N2O/c1-16(12-6-8-18(2)9-7-12)11-17-15-5-4-13(19-3)10-14(15)16/h4-5,10,12,17H,6-9,11H2,1-3H3. The number of likely N-dealkylation sites (tertiary alicyclic amines) is 1. The van der Waals surface area contributed by atoms with Gasteiger partial charge in [-0.05, 0) is 62.7 Å². The van der Waals surface area contributed by atoms with Gasteiger partial charge in [0.2, 0.25) is 0 Å². The van der Waals surface area contributed by atoms with Crippen LogP contribution in [-0.4, -0.2) is 38.7 Å². The van der Waals surface area contributed by atoms with Gasteiger partial charge in [-0.2, -0.15) is 0 Å². The van der Waals surface area contributed by atoms with Crippen LogP contribution in [0, 0.1) is 5.92 Å². The van der Waals surface area contributed by atoms with Crippen molar-refractivity contribution in [1.82, 2.24) is 4.90 Å². The molecule has 3 rings (SSSR count). The number of benzene rings is 1. The summed E-state index contributed by atoms with van der Waals surface area (Å²) in [6.07, 6.45) is 2.59. The number of rotatable bonds is 2. The van der Waals surface area contributed by atoms with Gasteiger partial charge in [-0.1, -0.05) is 6.92 Å². The molecule has 1 atom stereocenters. The molecule has 3 nitrogen and oxygen atoms in total. The second kappa shape index (κ2) is 4.71. The highest BCUT2D eigenvalue weighted by atomic mass is 16.5. The van der Waals surface area contributed by atoms with Crippen LogP contribution in [0.2, 0.25) is 0 Å². The fourth-order valence-corrected chi connectivity index (χ4v) is 3.66. The number of ether oxygens (including phenoxy) is 1. The Hall–Kier alpha value is -1.22. The molecule has 1 aromatic carbocycles. The molecule has 1 saturated heterocycles. The zero-order valence-electron chi connectivity index (χ0n) is 12.2. The number of hydrogen-bond donors (Lipinski definition) is 1. The lowest BCUT2D eigenvalue weighted by molar-refractivity contribution is 0.163. The fourth-order valence-electron chi connectivity index (χ4n) is 3.66. The minimum absolute atomic E-state index is 0.255. The molecule has 0 bridgehead atoms. The predicted octanol–water partition coefficient (Wildman–Crippen LogP) is 2.72. The van der Waals surface area contributed by atoms with Crippen LogP contribution < -0.4 is 10.1 Å². The smallest absolute Gasteiger partial charge is 0.119 e. The summed E-state index contributed by atoms with van der Waals surface area (Å²) in [5.74, 6) is 1.74. The number of anilines is 1. The average Bonchev–Trinajstić information content (AvgIpc) is 2.78. The molecule has 1 aromatic rings. The van der Waals surface area contributed by atoms with Gasteiger partial charge < -0.3 is 15.0 Å². The van der Waals surface area contributed by atoms with E-state index < -0.39 is 0 Å². The Kier molecular flexibility index (Phi) is 3.17. The maximum atomic E-state index is 5.40. The van der Waals surface area contributed by atoms with E-state index in [9.17, 15) is 0 Å². The van der Waals surface area contributed by atoms with E-state index >= 15 is 0 Å². The van der Waals surface area contributed by atoms with Crippen molar-refractivity contribution >= 4 is 5.69 Å². The SMILES string of the molecule is COc1ccc2c(c1)C(C)(C1CCN(C)CC1)CN2. The van der Waals surface area contributed by atoms with Crippen LogP contribution in [0.15, 0.2) is 18.2 Å². The van der Waals surface area contributed by atoms with Gasteiger partial charge in [0, 0.05) is 17.6 Å². The van der Waals surface area contributed by atoms with Crippen molar-refractivity contribution in [3.63, 3.8) is 0 Å². The van der Waals surface area contributed by atoms with E-state index in [1.54, 1.807) is 7.11 Å². The number of methoxy groups -OCH3 is 1. The predicted molar refractivity (Wildman–Crippen MR) is 79.1 cm³/mol. The summed E-state index contributed by atoms with van der Waals surface area (Å²) in [6, 6.07) is 6.44. The van der Waals surface area contributed by atoms with E-state index in [-0.39, 0.29) is 5.41 Å². The van der Waals surface area contributed by atoms with E-state index in [1.165, 1.54) is 37.2 Å². The van der Waals surface area contributed by atoms with Crippen LogP contribution in [0.5, 0.6) is 5.75 Å². The lowest BCUT2D eigenvalue weighted by Gasteiger charge is -2.39. The van der Waals surface area contributed by atoms with Gasteiger partial charge in [0.25, 0.3) is 0 Å². The number of nitrogens with one attached hydrogen (secondary N) is 1. The maximum Gasteiger partial charge on any atom is 0.119 e. The highest BCUT2D eigenvalue weighted by Gasteiger charge is 2.42. The second-order valence-electron chi connectivity index (χ2n) is 6.26. The Morgan fingerprint density at radius 1 is 1.32 bits per heavy atom. The quantitative estimate of drug-likeness (QED) is 0.885. The molecule has 1 N–H and O–H groups in total. The number of nitrogens with zero attached hydrogens (tertiary/aromatic N) is 1. The van der Waals surface area contributed by atoms with Crippen LogP contribution in [0.3, 0.4) is 0 Å². The zero-order valence-corrected chi connectivity index (χ0v) is 12.2. The highest BCUT2D eigenvalue weighted by Crippen LogP contribution is 2.46. The monoisotopic (exact) mass is 260 g/mol. The normalized spacial score (nSPS) is 27.9. The van der Waals surface area contributed by atoms with E-state index in [0.717, 1.165) is 18.2 Å². The summed E-state index contributed by atoms with van der Waals surface area (Å²) >= 11 is 0.